The fraction of sp³-hybridized carbons (Fsp3) is 0.455. The average molecular weight is 208 g/mol. The summed E-state index contributed by atoms with van der Waals surface area (Å²) in [5, 5.41) is 0. The van der Waals surface area contributed by atoms with Crippen LogP contribution >= 0.6 is 0 Å². The van der Waals surface area contributed by atoms with E-state index in [4.69, 9.17) is 5.73 Å². The van der Waals surface area contributed by atoms with Gasteiger partial charge in [0.25, 0.3) is 0 Å². The van der Waals surface area contributed by atoms with E-state index in [1.54, 1.807) is 12.4 Å². The quantitative estimate of drug-likeness (QED) is 0.744. The van der Waals surface area contributed by atoms with Crippen molar-refractivity contribution in [1.29, 1.82) is 0 Å². The smallest absolute Gasteiger partial charge is 0.322 e. The number of hydrogen-bond acceptors (Lipinski definition) is 4. The van der Waals surface area contributed by atoms with Gasteiger partial charge < -0.3 is 10.5 Å². The predicted molar refractivity (Wildman–Crippen MR) is 57.3 cm³/mol. The van der Waals surface area contributed by atoms with E-state index in [0.29, 0.717) is 6.42 Å². The van der Waals surface area contributed by atoms with Gasteiger partial charge in [-0.25, -0.2) is 0 Å². The molecule has 4 heteroatoms. The summed E-state index contributed by atoms with van der Waals surface area (Å²) in [4.78, 5) is 15.1. The predicted octanol–water partition coefficient (Wildman–Crippen LogP) is 0.823. The van der Waals surface area contributed by atoms with Crippen molar-refractivity contribution in [2.75, 3.05) is 7.11 Å². The van der Waals surface area contributed by atoms with Crippen LogP contribution in [0, 0.1) is 6.92 Å². The molecule has 1 atom stereocenters. The van der Waals surface area contributed by atoms with Crippen molar-refractivity contribution in [3.63, 3.8) is 0 Å². The SMILES string of the molecule is COC(=O)C(N)CCc1cnccc1C. The van der Waals surface area contributed by atoms with Crippen LogP contribution in [0.25, 0.3) is 0 Å². The molecule has 0 aromatic carbocycles. The van der Waals surface area contributed by atoms with Crippen molar-refractivity contribution in [1.82, 2.24) is 4.98 Å². The second-order valence-corrected chi connectivity index (χ2v) is 3.47. The lowest BCUT2D eigenvalue weighted by Gasteiger charge is -2.09. The molecule has 15 heavy (non-hydrogen) atoms. The topological polar surface area (TPSA) is 65.2 Å². The summed E-state index contributed by atoms with van der Waals surface area (Å²) in [6.45, 7) is 2.01. The zero-order chi connectivity index (χ0) is 11.3. The van der Waals surface area contributed by atoms with Crippen LogP contribution in [0.15, 0.2) is 18.5 Å². The Bertz CT molecular complexity index is 339. The van der Waals surface area contributed by atoms with E-state index < -0.39 is 6.04 Å². The van der Waals surface area contributed by atoms with Crippen LogP contribution in [0.1, 0.15) is 17.5 Å². The molecule has 0 bridgehead atoms. The van der Waals surface area contributed by atoms with Crippen LogP contribution in [0.2, 0.25) is 0 Å². The molecule has 0 saturated carbocycles. The summed E-state index contributed by atoms with van der Waals surface area (Å²) in [5.74, 6) is -0.364. The highest BCUT2D eigenvalue weighted by atomic mass is 16.5. The van der Waals surface area contributed by atoms with E-state index >= 15 is 0 Å². The molecule has 2 N–H and O–H groups in total. The molecule has 0 saturated heterocycles. The fourth-order valence-corrected chi connectivity index (χ4v) is 1.34. The second kappa shape index (κ2) is 5.46. The van der Waals surface area contributed by atoms with Crippen molar-refractivity contribution >= 4 is 5.97 Å². The van der Waals surface area contributed by atoms with E-state index in [2.05, 4.69) is 9.72 Å². The standard InChI is InChI=1S/C11H16N2O2/c1-8-5-6-13-7-9(8)3-4-10(12)11(14)15-2/h5-7,10H,3-4,12H2,1-2H3. The third-order valence-corrected chi connectivity index (χ3v) is 2.38. The zero-order valence-corrected chi connectivity index (χ0v) is 9.06. The molecular formula is C11H16N2O2. The molecule has 0 aliphatic rings. The van der Waals surface area contributed by atoms with Gasteiger partial charge in [0, 0.05) is 12.4 Å². The van der Waals surface area contributed by atoms with Crippen LogP contribution < -0.4 is 5.73 Å². The highest BCUT2D eigenvalue weighted by Gasteiger charge is 2.13. The lowest BCUT2D eigenvalue weighted by Crippen LogP contribution is -2.32. The lowest BCUT2D eigenvalue weighted by molar-refractivity contribution is -0.142. The van der Waals surface area contributed by atoms with Gasteiger partial charge in [-0.3, -0.25) is 9.78 Å². The Morgan fingerprint density at radius 2 is 2.40 bits per heavy atom. The van der Waals surface area contributed by atoms with Crippen LogP contribution in [0.4, 0.5) is 0 Å². The van der Waals surface area contributed by atoms with Gasteiger partial charge in [0.1, 0.15) is 6.04 Å². The number of methoxy groups -OCH3 is 1. The number of nitrogens with zero attached hydrogens (tertiary/aromatic N) is 1. The molecule has 1 unspecified atom stereocenters. The molecule has 1 aromatic heterocycles. The van der Waals surface area contributed by atoms with E-state index in [1.807, 2.05) is 13.0 Å². The molecule has 0 aliphatic carbocycles. The molecule has 0 amide bonds. The van der Waals surface area contributed by atoms with Crippen LogP contribution in [0.3, 0.4) is 0 Å². The molecule has 1 heterocycles. The first-order valence-electron chi connectivity index (χ1n) is 4.88. The van der Waals surface area contributed by atoms with E-state index in [9.17, 15) is 4.79 Å². The summed E-state index contributed by atoms with van der Waals surface area (Å²) < 4.78 is 4.55. The molecule has 0 aliphatic heterocycles. The van der Waals surface area contributed by atoms with Crippen LogP contribution in [-0.4, -0.2) is 24.1 Å². The minimum Gasteiger partial charge on any atom is -0.468 e. The first-order chi connectivity index (χ1) is 7.15. The number of esters is 1. The molecule has 82 valence electrons. The van der Waals surface area contributed by atoms with Gasteiger partial charge in [0.15, 0.2) is 0 Å². The normalized spacial score (nSPS) is 12.2. The van der Waals surface area contributed by atoms with Gasteiger partial charge in [0.05, 0.1) is 7.11 Å². The highest BCUT2D eigenvalue weighted by Crippen LogP contribution is 2.08. The largest absolute Gasteiger partial charge is 0.468 e. The number of pyridine rings is 1. The van der Waals surface area contributed by atoms with Crippen LogP contribution in [0.5, 0.6) is 0 Å². The number of carbonyl (C=O) groups is 1. The van der Waals surface area contributed by atoms with Crippen molar-refractivity contribution in [2.24, 2.45) is 5.73 Å². The second-order valence-electron chi connectivity index (χ2n) is 3.47. The zero-order valence-electron chi connectivity index (χ0n) is 9.06. The molecule has 0 spiro atoms. The maximum absolute atomic E-state index is 11.1. The molecule has 0 fully saturated rings. The van der Waals surface area contributed by atoms with Gasteiger partial charge in [-0.05, 0) is 37.0 Å². The first kappa shape index (κ1) is 11.7. The summed E-state index contributed by atoms with van der Waals surface area (Å²) in [7, 11) is 1.34. The average Bonchev–Trinajstić information content (AvgIpc) is 2.26. The molecule has 1 aromatic rings. The van der Waals surface area contributed by atoms with Crippen LogP contribution in [-0.2, 0) is 16.0 Å². The number of aryl methyl sites for hydroxylation is 2. The van der Waals surface area contributed by atoms with E-state index in [-0.39, 0.29) is 5.97 Å². The highest BCUT2D eigenvalue weighted by molar-refractivity contribution is 5.75. The lowest BCUT2D eigenvalue weighted by atomic mass is 10.0. The van der Waals surface area contributed by atoms with Gasteiger partial charge in [-0.15, -0.1) is 0 Å². The number of ether oxygens (including phenoxy) is 1. The summed E-state index contributed by atoms with van der Waals surface area (Å²) in [6, 6.07) is 1.40. The third-order valence-electron chi connectivity index (χ3n) is 2.38. The summed E-state index contributed by atoms with van der Waals surface area (Å²) in [5.41, 5.74) is 7.92. The first-order valence-corrected chi connectivity index (χ1v) is 4.88. The Morgan fingerprint density at radius 1 is 1.67 bits per heavy atom. The van der Waals surface area contributed by atoms with Gasteiger partial charge in [0.2, 0.25) is 0 Å². The Morgan fingerprint density at radius 3 is 3.00 bits per heavy atom. The molecule has 0 radical (unpaired) electrons. The van der Waals surface area contributed by atoms with Gasteiger partial charge in [-0.2, -0.15) is 0 Å². The summed E-state index contributed by atoms with van der Waals surface area (Å²) >= 11 is 0. The Balaban J connectivity index is 2.50. The number of nitrogens with two attached hydrogens (primary N) is 1. The van der Waals surface area contributed by atoms with Crippen molar-refractivity contribution in [3.8, 4) is 0 Å². The Kier molecular flexibility index (Phi) is 4.24. The number of rotatable bonds is 4. The van der Waals surface area contributed by atoms with Crippen molar-refractivity contribution in [3.05, 3.63) is 29.6 Å². The summed E-state index contributed by atoms with van der Waals surface area (Å²) in [6.07, 6.45) is 4.88. The maximum Gasteiger partial charge on any atom is 0.322 e. The Labute approximate surface area is 89.5 Å². The number of aromatic nitrogens is 1. The van der Waals surface area contributed by atoms with Gasteiger partial charge in [-0.1, -0.05) is 0 Å². The molecule has 4 nitrogen and oxygen atoms in total. The fourth-order valence-electron chi connectivity index (χ4n) is 1.34. The third kappa shape index (κ3) is 3.32. The van der Waals surface area contributed by atoms with Crippen molar-refractivity contribution in [2.45, 2.75) is 25.8 Å². The van der Waals surface area contributed by atoms with E-state index in [0.717, 1.165) is 12.0 Å². The Hall–Kier alpha value is -1.42. The number of hydrogen-bond donors (Lipinski definition) is 1. The molecular weight excluding hydrogens is 192 g/mol. The maximum atomic E-state index is 11.1. The molecule has 1 rings (SSSR count). The van der Waals surface area contributed by atoms with Crippen molar-refractivity contribution < 1.29 is 9.53 Å². The monoisotopic (exact) mass is 208 g/mol. The van der Waals surface area contributed by atoms with E-state index in [1.165, 1.54) is 12.7 Å². The van der Waals surface area contributed by atoms with Gasteiger partial charge >= 0.3 is 5.97 Å². The number of carbonyl (C=O) groups excluding carboxylic acids is 1. The minimum atomic E-state index is -0.547. The minimum absolute atomic E-state index is 0.364.